The number of hydrogen-bond donors (Lipinski definition) is 0. The molecule has 0 aliphatic heterocycles. The molecule has 4 rings (SSSR count). The Kier molecular flexibility index (Phi) is 5.04. The van der Waals surface area contributed by atoms with Gasteiger partial charge >= 0.3 is 0 Å². The van der Waals surface area contributed by atoms with Gasteiger partial charge in [0.05, 0.1) is 11.0 Å². The first-order valence-electron chi connectivity index (χ1n) is 9.81. The molecule has 0 atom stereocenters. The number of nitrogens with zero attached hydrogens (tertiary/aromatic N) is 2. The fourth-order valence-corrected chi connectivity index (χ4v) is 4.33. The average Bonchev–Trinajstić information content (AvgIpc) is 3.25. The maximum Gasteiger partial charge on any atom is 0.110 e. The van der Waals surface area contributed by atoms with Crippen molar-refractivity contribution >= 4 is 22.6 Å². The quantitative estimate of drug-likeness (QED) is 0.505. The second-order valence-electron chi connectivity index (χ2n) is 7.85. The van der Waals surface area contributed by atoms with Crippen molar-refractivity contribution in [3.8, 4) is 0 Å². The van der Waals surface area contributed by atoms with Gasteiger partial charge in [0.1, 0.15) is 5.82 Å². The van der Waals surface area contributed by atoms with Crippen molar-refractivity contribution < 1.29 is 0 Å². The fraction of sp³-hybridized carbons (Fsp3) is 0.435. The van der Waals surface area contributed by atoms with E-state index in [9.17, 15) is 0 Å². The van der Waals surface area contributed by atoms with Gasteiger partial charge in [-0.25, -0.2) is 4.98 Å². The number of aryl methyl sites for hydroxylation is 3. The molecule has 1 aromatic heterocycles. The zero-order chi connectivity index (χ0) is 18.1. The summed E-state index contributed by atoms with van der Waals surface area (Å²) in [7, 11) is 0. The summed E-state index contributed by atoms with van der Waals surface area (Å²) in [6, 6.07) is 12.7. The van der Waals surface area contributed by atoms with E-state index in [1.54, 1.807) is 0 Å². The Morgan fingerprint density at radius 2 is 1.73 bits per heavy atom. The van der Waals surface area contributed by atoms with Crippen molar-refractivity contribution in [1.82, 2.24) is 9.55 Å². The smallest absolute Gasteiger partial charge is 0.110 e. The molecule has 26 heavy (non-hydrogen) atoms. The van der Waals surface area contributed by atoms with Gasteiger partial charge in [-0.15, -0.1) is 0 Å². The van der Waals surface area contributed by atoms with E-state index in [1.807, 2.05) is 12.1 Å². The molecule has 1 aliphatic rings. The lowest BCUT2D eigenvalue weighted by Crippen LogP contribution is -2.07. The molecule has 3 aromatic rings. The molecule has 1 heterocycles. The zero-order valence-corrected chi connectivity index (χ0v) is 16.5. The average molecular weight is 367 g/mol. The standard InChI is InChI=1S/C23H27ClN2/c1-16-13-21-22(14-17(16)2)26(15-19-7-10-20(24)11-8-19)23(25-21)12-9-18-5-3-4-6-18/h7-8,10-11,13-14,18H,3-6,9,12,15H2,1-2H3. The first kappa shape index (κ1) is 17.6. The minimum absolute atomic E-state index is 0.789. The van der Waals surface area contributed by atoms with Gasteiger partial charge in [0.25, 0.3) is 0 Å². The Morgan fingerprint density at radius 1 is 1.04 bits per heavy atom. The van der Waals surface area contributed by atoms with E-state index in [4.69, 9.17) is 16.6 Å². The van der Waals surface area contributed by atoms with E-state index in [-0.39, 0.29) is 0 Å². The van der Waals surface area contributed by atoms with Gasteiger partial charge in [-0.05, 0) is 67.1 Å². The molecule has 1 fully saturated rings. The summed E-state index contributed by atoms with van der Waals surface area (Å²) in [5.41, 5.74) is 6.30. The number of aromatic nitrogens is 2. The summed E-state index contributed by atoms with van der Waals surface area (Å²) in [4.78, 5) is 5.03. The SMILES string of the molecule is Cc1cc2nc(CCC3CCCC3)n(Cc3ccc(Cl)cc3)c2cc1C. The molecule has 1 saturated carbocycles. The van der Waals surface area contributed by atoms with E-state index in [1.165, 1.54) is 60.1 Å². The Balaban J connectivity index is 1.69. The molecule has 136 valence electrons. The highest BCUT2D eigenvalue weighted by Gasteiger charge is 2.18. The molecule has 0 spiro atoms. The van der Waals surface area contributed by atoms with E-state index >= 15 is 0 Å². The molecular formula is C23H27ClN2. The summed E-state index contributed by atoms with van der Waals surface area (Å²) in [6.07, 6.45) is 7.95. The van der Waals surface area contributed by atoms with Crippen LogP contribution in [0.3, 0.4) is 0 Å². The maximum atomic E-state index is 6.06. The second kappa shape index (κ2) is 7.44. The van der Waals surface area contributed by atoms with Gasteiger partial charge in [-0.3, -0.25) is 0 Å². The Labute approximate surface area is 161 Å². The highest BCUT2D eigenvalue weighted by atomic mass is 35.5. The van der Waals surface area contributed by atoms with Gasteiger partial charge in [0, 0.05) is 18.0 Å². The van der Waals surface area contributed by atoms with Crippen molar-refractivity contribution in [2.24, 2.45) is 5.92 Å². The topological polar surface area (TPSA) is 17.8 Å². The lowest BCUT2D eigenvalue weighted by Gasteiger charge is -2.12. The normalized spacial score (nSPS) is 15.2. The van der Waals surface area contributed by atoms with Gasteiger partial charge in [-0.2, -0.15) is 0 Å². The third-order valence-corrected chi connectivity index (χ3v) is 6.20. The number of imidazole rings is 1. The zero-order valence-electron chi connectivity index (χ0n) is 15.8. The molecule has 1 aliphatic carbocycles. The van der Waals surface area contributed by atoms with E-state index < -0.39 is 0 Å². The molecule has 0 unspecified atom stereocenters. The molecule has 0 amide bonds. The van der Waals surface area contributed by atoms with Crippen molar-refractivity contribution in [1.29, 1.82) is 0 Å². The minimum atomic E-state index is 0.789. The molecular weight excluding hydrogens is 340 g/mol. The van der Waals surface area contributed by atoms with Crippen molar-refractivity contribution in [3.63, 3.8) is 0 Å². The van der Waals surface area contributed by atoms with Crippen LogP contribution >= 0.6 is 11.6 Å². The number of benzene rings is 2. The second-order valence-corrected chi connectivity index (χ2v) is 8.29. The van der Waals surface area contributed by atoms with Crippen molar-refractivity contribution in [3.05, 3.63) is 63.9 Å². The third kappa shape index (κ3) is 3.66. The van der Waals surface area contributed by atoms with Crippen molar-refractivity contribution in [2.45, 2.75) is 58.9 Å². The molecule has 2 aromatic carbocycles. The van der Waals surface area contributed by atoms with E-state index in [2.05, 4.69) is 42.7 Å². The summed E-state index contributed by atoms with van der Waals surface area (Å²) >= 11 is 6.06. The lowest BCUT2D eigenvalue weighted by atomic mass is 10.0. The van der Waals surface area contributed by atoms with Crippen LogP contribution in [-0.2, 0) is 13.0 Å². The Morgan fingerprint density at radius 3 is 2.46 bits per heavy atom. The predicted molar refractivity (Wildman–Crippen MR) is 110 cm³/mol. The van der Waals surface area contributed by atoms with Gasteiger partial charge in [0.2, 0.25) is 0 Å². The van der Waals surface area contributed by atoms with Crippen molar-refractivity contribution in [2.75, 3.05) is 0 Å². The molecule has 0 N–H and O–H groups in total. The molecule has 2 nitrogen and oxygen atoms in total. The monoisotopic (exact) mass is 366 g/mol. The molecule has 3 heteroatoms. The number of halogens is 1. The van der Waals surface area contributed by atoms with Crippen LogP contribution in [0.1, 0.15) is 54.6 Å². The predicted octanol–water partition coefficient (Wildman–Crippen LogP) is 6.48. The Hall–Kier alpha value is -1.80. The Bertz CT molecular complexity index is 902. The first-order chi connectivity index (χ1) is 12.6. The van der Waals surface area contributed by atoms with Gasteiger partial charge < -0.3 is 4.57 Å². The van der Waals surface area contributed by atoms with Crippen LogP contribution in [0.15, 0.2) is 36.4 Å². The number of rotatable bonds is 5. The van der Waals surface area contributed by atoms with Crippen LogP contribution in [0.25, 0.3) is 11.0 Å². The summed E-state index contributed by atoms with van der Waals surface area (Å²) in [5, 5.41) is 0.789. The molecule has 0 bridgehead atoms. The van der Waals surface area contributed by atoms with E-state index in [0.717, 1.165) is 29.4 Å². The molecule has 0 radical (unpaired) electrons. The van der Waals surface area contributed by atoms with Crippen LogP contribution in [0.2, 0.25) is 5.02 Å². The summed E-state index contributed by atoms with van der Waals surface area (Å²) in [6.45, 7) is 5.22. The van der Waals surface area contributed by atoms with Crippen LogP contribution in [0, 0.1) is 19.8 Å². The largest absolute Gasteiger partial charge is 0.323 e. The summed E-state index contributed by atoms with van der Waals surface area (Å²) in [5.74, 6) is 2.12. The van der Waals surface area contributed by atoms with Crippen LogP contribution < -0.4 is 0 Å². The van der Waals surface area contributed by atoms with Crippen LogP contribution in [-0.4, -0.2) is 9.55 Å². The lowest BCUT2D eigenvalue weighted by molar-refractivity contribution is 0.492. The maximum absolute atomic E-state index is 6.06. The summed E-state index contributed by atoms with van der Waals surface area (Å²) < 4.78 is 2.42. The first-order valence-corrected chi connectivity index (χ1v) is 10.2. The fourth-order valence-electron chi connectivity index (χ4n) is 4.20. The number of fused-ring (bicyclic) bond motifs is 1. The highest BCUT2D eigenvalue weighted by molar-refractivity contribution is 6.30. The van der Waals surface area contributed by atoms with Gasteiger partial charge in [0.15, 0.2) is 0 Å². The number of hydrogen-bond acceptors (Lipinski definition) is 1. The highest BCUT2D eigenvalue weighted by Crippen LogP contribution is 2.30. The molecule has 0 saturated heterocycles. The van der Waals surface area contributed by atoms with E-state index in [0.29, 0.717) is 0 Å². The minimum Gasteiger partial charge on any atom is -0.323 e. The third-order valence-electron chi connectivity index (χ3n) is 5.95. The van der Waals surface area contributed by atoms with Crippen LogP contribution in [0.4, 0.5) is 0 Å². The van der Waals surface area contributed by atoms with Gasteiger partial charge in [-0.1, -0.05) is 49.4 Å². The van der Waals surface area contributed by atoms with Crippen LogP contribution in [0.5, 0.6) is 0 Å².